The first-order valence-electron chi connectivity index (χ1n) is 5.01. The van der Waals surface area contributed by atoms with Crippen LogP contribution in [0.2, 0.25) is 0 Å². The van der Waals surface area contributed by atoms with Crippen LogP contribution in [0, 0.1) is 0 Å². The van der Waals surface area contributed by atoms with Gasteiger partial charge in [-0.05, 0) is 18.4 Å². The minimum atomic E-state index is 0.520. The lowest BCUT2D eigenvalue weighted by Crippen LogP contribution is -2.02. The van der Waals surface area contributed by atoms with Gasteiger partial charge in [0, 0.05) is 17.9 Å². The van der Waals surface area contributed by atoms with Gasteiger partial charge in [-0.2, -0.15) is 0 Å². The number of nitrogens with two attached hydrogens (primary N) is 1. The minimum Gasteiger partial charge on any atom is -0.421 e. The lowest BCUT2D eigenvalue weighted by molar-refractivity contribution is 0.506. The van der Waals surface area contributed by atoms with Crippen molar-refractivity contribution in [1.82, 2.24) is 10.2 Å². The number of nitrogens with zero attached hydrogens (tertiary/aromatic N) is 2. The highest BCUT2D eigenvalue weighted by atomic mass is 32.2. The Balaban J connectivity index is 2.34. The van der Waals surface area contributed by atoms with Gasteiger partial charge in [0.1, 0.15) is 0 Å². The predicted molar refractivity (Wildman–Crippen MR) is 64.3 cm³/mol. The lowest BCUT2D eigenvalue weighted by Gasteiger charge is -2.01. The third-order valence-electron chi connectivity index (χ3n) is 2.16. The van der Waals surface area contributed by atoms with Crippen LogP contribution in [0.3, 0.4) is 0 Å². The Labute approximate surface area is 98.2 Å². The molecule has 0 unspecified atom stereocenters. The Bertz CT molecular complexity index is 470. The van der Waals surface area contributed by atoms with E-state index in [9.17, 15) is 0 Å². The third-order valence-corrected chi connectivity index (χ3v) is 2.96. The van der Waals surface area contributed by atoms with Crippen LogP contribution < -0.4 is 5.73 Å². The van der Waals surface area contributed by atoms with Crippen molar-refractivity contribution in [2.24, 2.45) is 5.73 Å². The van der Waals surface area contributed by atoms with Crippen LogP contribution >= 0.6 is 11.8 Å². The van der Waals surface area contributed by atoms with Crippen LogP contribution in [-0.4, -0.2) is 23.0 Å². The van der Waals surface area contributed by atoms with Crippen LogP contribution in [-0.2, 0) is 6.42 Å². The summed E-state index contributed by atoms with van der Waals surface area (Å²) in [5.74, 6) is 1.15. The average molecular weight is 235 g/mol. The molecule has 1 heterocycles. The van der Waals surface area contributed by atoms with E-state index >= 15 is 0 Å². The average Bonchev–Trinajstić information content (AvgIpc) is 2.78. The van der Waals surface area contributed by atoms with Gasteiger partial charge in [0.05, 0.1) is 5.56 Å². The molecule has 1 aromatic carbocycles. The van der Waals surface area contributed by atoms with Gasteiger partial charge in [-0.1, -0.05) is 12.1 Å². The van der Waals surface area contributed by atoms with Gasteiger partial charge in [-0.25, -0.2) is 0 Å². The molecule has 2 N–H and O–H groups in total. The molecule has 0 fully saturated rings. The van der Waals surface area contributed by atoms with Crippen LogP contribution in [0.5, 0.6) is 0 Å². The molecule has 0 atom stereocenters. The molecule has 0 saturated heterocycles. The molecule has 1 aromatic heterocycles. The summed E-state index contributed by atoms with van der Waals surface area (Å²) in [7, 11) is 0. The van der Waals surface area contributed by atoms with Gasteiger partial charge in [0.2, 0.25) is 11.8 Å². The van der Waals surface area contributed by atoms with Gasteiger partial charge >= 0.3 is 0 Å². The van der Waals surface area contributed by atoms with Gasteiger partial charge in [0.25, 0.3) is 0 Å². The zero-order valence-corrected chi connectivity index (χ0v) is 9.83. The van der Waals surface area contributed by atoms with E-state index in [2.05, 4.69) is 10.2 Å². The minimum absolute atomic E-state index is 0.520. The van der Waals surface area contributed by atoms with Crippen LogP contribution in [0.4, 0.5) is 0 Å². The molecule has 0 amide bonds. The predicted octanol–water partition coefficient (Wildman–Crippen LogP) is 1.96. The number of rotatable bonds is 4. The number of hydrogen-bond acceptors (Lipinski definition) is 5. The highest BCUT2D eigenvalue weighted by Crippen LogP contribution is 2.28. The smallest absolute Gasteiger partial charge is 0.248 e. The molecule has 4 nitrogen and oxygen atoms in total. The number of benzene rings is 1. The first kappa shape index (κ1) is 11.2. The van der Waals surface area contributed by atoms with Crippen LogP contribution in [0.1, 0.15) is 5.89 Å². The Morgan fingerprint density at radius 1 is 1.31 bits per heavy atom. The van der Waals surface area contributed by atoms with Crippen molar-refractivity contribution in [1.29, 1.82) is 0 Å². The van der Waals surface area contributed by atoms with Crippen molar-refractivity contribution in [3.63, 3.8) is 0 Å². The van der Waals surface area contributed by atoms with E-state index in [1.165, 1.54) is 0 Å². The third kappa shape index (κ3) is 2.25. The topological polar surface area (TPSA) is 64.9 Å². The maximum absolute atomic E-state index is 5.54. The first-order chi connectivity index (χ1) is 7.85. The lowest BCUT2D eigenvalue weighted by atomic mass is 10.2. The second kappa shape index (κ2) is 5.14. The maximum Gasteiger partial charge on any atom is 0.248 e. The maximum atomic E-state index is 5.54. The van der Waals surface area contributed by atoms with E-state index in [0.717, 1.165) is 10.5 Å². The monoisotopic (exact) mass is 235 g/mol. The molecular formula is C11H13N3OS. The largest absolute Gasteiger partial charge is 0.421 e. The molecular weight excluding hydrogens is 222 g/mol. The summed E-state index contributed by atoms with van der Waals surface area (Å²) in [4.78, 5) is 1.13. The van der Waals surface area contributed by atoms with Gasteiger partial charge in [0.15, 0.2) is 0 Å². The quantitative estimate of drug-likeness (QED) is 0.821. The molecule has 0 spiro atoms. The van der Waals surface area contributed by atoms with Crippen molar-refractivity contribution >= 4 is 11.8 Å². The zero-order chi connectivity index (χ0) is 11.4. The molecule has 0 aliphatic rings. The molecule has 0 radical (unpaired) electrons. The summed E-state index contributed by atoms with van der Waals surface area (Å²) < 4.78 is 5.54. The molecule has 0 bridgehead atoms. The molecule has 0 aliphatic carbocycles. The molecule has 0 saturated carbocycles. The molecule has 84 valence electrons. The summed E-state index contributed by atoms with van der Waals surface area (Å²) in [5.41, 5.74) is 6.41. The molecule has 0 aliphatic heterocycles. The molecule has 2 aromatic rings. The fraction of sp³-hybridized carbons (Fsp3) is 0.273. The number of hydrogen-bond donors (Lipinski definition) is 1. The number of thioether (sulfide) groups is 1. The van der Waals surface area contributed by atoms with Gasteiger partial charge in [-0.15, -0.1) is 22.0 Å². The van der Waals surface area contributed by atoms with Crippen molar-refractivity contribution in [3.05, 3.63) is 30.2 Å². The Kier molecular flexibility index (Phi) is 3.58. The fourth-order valence-corrected chi connectivity index (χ4v) is 2.00. The normalized spacial score (nSPS) is 10.6. The second-order valence-electron chi connectivity index (χ2n) is 3.24. The van der Waals surface area contributed by atoms with E-state index in [4.69, 9.17) is 10.2 Å². The fourth-order valence-electron chi connectivity index (χ4n) is 1.41. The summed E-state index contributed by atoms with van der Waals surface area (Å²) >= 11 is 1.66. The standard InChI is InChI=1S/C11H13N3OS/c1-16-9-5-3-2-4-8(9)11-14-13-10(15-11)6-7-12/h2-5H,6-7,12H2,1H3. The SMILES string of the molecule is CSc1ccccc1-c1nnc(CCN)o1. The molecule has 2 rings (SSSR count). The molecule has 5 heteroatoms. The second-order valence-corrected chi connectivity index (χ2v) is 4.09. The van der Waals surface area contributed by atoms with Crippen LogP contribution in [0.15, 0.2) is 33.6 Å². The van der Waals surface area contributed by atoms with E-state index < -0.39 is 0 Å². The van der Waals surface area contributed by atoms with Crippen molar-refractivity contribution < 1.29 is 4.42 Å². The summed E-state index contributed by atoms with van der Waals surface area (Å²) in [6.45, 7) is 0.520. The summed E-state index contributed by atoms with van der Waals surface area (Å²) in [6, 6.07) is 7.97. The van der Waals surface area contributed by atoms with Crippen molar-refractivity contribution in [2.45, 2.75) is 11.3 Å². The highest BCUT2D eigenvalue weighted by Gasteiger charge is 2.11. The van der Waals surface area contributed by atoms with Crippen molar-refractivity contribution in [3.8, 4) is 11.5 Å². The van der Waals surface area contributed by atoms with Gasteiger partial charge < -0.3 is 10.2 Å². The van der Waals surface area contributed by atoms with E-state index in [-0.39, 0.29) is 0 Å². The van der Waals surface area contributed by atoms with Crippen LogP contribution in [0.25, 0.3) is 11.5 Å². The highest BCUT2D eigenvalue weighted by molar-refractivity contribution is 7.98. The van der Waals surface area contributed by atoms with Gasteiger partial charge in [-0.3, -0.25) is 0 Å². The summed E-state index contributed by atoms with van der Waals surface area (Å²) in [6.07, 6.45) is 2.64. The first-order valence-corrected chi connectivity index (χ1v) is 6.23. The zero-order valence-electron chi connectivity index (χ0n) is 9.01. The molecule has 16 heavy (non-hydrogen) atoms. The summed E-state index contributed by atoms with van der Waals surface area (Å²) in [5, 5.41) is 7.98. The number of aromatic nitrogens is 2. The van der Waals surface area contributed by atoms with E-state index in [1.54, 1.807) is 11.8 Å². The van der Waals surface area contributed by atoms with E-state index in [1.807, 2.05) is 30.5 Å². The van der Waals surface area contributed by atoms with E-state index in [0.29, 0.717) is 24.7 Å². The Hall–Kier alpha value is -1.33. The van der Waals surface area contributed by atoms with Crippen molar-refractivity contribution in [2.75, 3.05) is 12.8 Å². The Morgan fingerprint density at radius 3 is 2.88 bits per heavy atom. The Morgan fingerprint density at radius 2 is 2.12 bits per heavy atom.